The van der Waals surface area contributed by atoms with Crippen molar-refractivity contribution in [1.82, 2.24) is 9.88 Å². The fraction of sp³-hybridized carbons (Fsp3) is 0.417. The minimum Gasteiger partial charge on any atom is -0.389 e. The summed E-state index contributed by atoms with van der Waals surface area (Å²) in [6.45, 7) is 1.63. The summed E-state index contributed by atoms with van der Waals surface area (Å²) in [6.07, 6.45) is 8.38. The number of hydrogen-bond donors (Lipinski definition) is 2. The van der Waals surface area contributed by atoms with Gasteiger partial charge in [-0.15, -0.1) is 12.4 Å². The van der Waals surface area contributed by atoms with Crippen LogP contribution in [0.15, 0.2) is 66.9 Å². The highest BCUT2D eigenvalue weighted by Gasteiger charge is 2.24. The molecule has 4 heteroatoms. The largest absolute Gasteiger partial charge is 0.389 e. The standard InChI is InChI=1S/C24H30N2O.ClH/c27-23(18-25-17-19-9-3-1-4-10-19)24(21-12-5-2-6-13-21)26-16-15-20-11-7-8-14-22(20)26;/h2,5-8,11-16,19,23-25,27H,1,3-4,9-10,17-18H2;1H. The molecule has 1 heterocycles. The molecule has 1 fully saturated rings. The van der Waals surface area contributed by atoms with E-state index in [2.05, 4.69) is 70.7 Å². The Labute approximate surface area is 174 Å². The Morgan fingerprint density at radius 1 is 0.929 bits per heavy atom. The van der Waals surface area contributed by atoms with Crippen molar-refractivity contribution in [2.45, 2.75) is 44.2 Å². The molecule has 0 aliphatic heterocycles. The van der Waals surface area contributed by atoms with Gasteiger partial charge in [0.15, 0.2) is 0 Å². The summed E-state index contributed by atoms with van der Waals surface area (Å²) in [5.74, 6) is 0.772. The minimum absolute atomic E-state index is 0. The molecule has 3 aromatic rings. The maximum atomic E-state index is 11.1. The second-order valence-corrected chi connectivity index (χ2v) is 7.87. The van der Waals surface area contributed by atoms with Crippen LogP contribution in [0.1, 0.15) is 43.7 Å². The molecule has 1 saturated carbocycles. The molecule has 2 aromatic carbocycles. The molecule has 4 rings (SSSR count). The predicted molar refractivity (Wildman–Crippen MR) is 119 cm³/mol. The molecule has 2 atom stereocenters. The van der Waals surface area contributed by atoms with E-state index < -0.39 is 6.10 Å². The zero-order valence-electron chi connectivity index (χ0n) is 16.3. The number of aliphatic hydroxyl groups is 1. The van der Waals surface area contributed by atoms with E-state index in [0.717, 1.165) is 23.5 Å². The molecule has 2 N–H and O–H groups in total. The van der Waals surface area contributed by atoms with Crippen molar-refractivity contribution in [2.24, 2.45) is 5.92 Å². The fourth-order valence-electron chi connectivity index (χ4n) is 4.50. The Bertz CT molecular complexity index is 842. The molecule has 0 saturated heterocycles. The van der Waals surface area contributed by atoms with E-state index >= 15 is 0 Å². The quantitative estimate of drug-likeness (QED) is 0.575. The number of benzene rings is 2. The third kappa shape index (κ3) is 4.78. The third-order valence-corrected chi connectivity index (χ3v) is 5.95. The highest BCUT2D eigenvalue weighted by Crippen LogP contribution is 2.28. The third-order valence-electron chi connectivity index (χ3n) is 5.95. The maximum absolute atomic E-state index is 11.1. The molecule has 150 valence electrons. The number of rotatable bonds is 7. The van der Waals surface area contributed by atoms with Crippen LogP contribution in [0.2, 0.25) is 0 Å². The van der Waals surface area contributed by atoms with Crippen molar-refractivity contribution in [3.8, 4) is 0 Å². The van der Waals surface area contributed by atoms with Gasteiger partial charge in [-0.3, -0.25) is 0 Å². The summed E-state index contributed by atoms with van der Waals surface area (Å²) in [5.41, 5.74) is 2.31. The van der Waals surface area contributed by atoms with Crippen molar-refractivity contribution in [3.05, 3.63) is 72.4 Å². The van der Waals surface area contributed by atoms with E-state index in [1.807, 2.05) is 6.07 Å². The number of fused-ring (bicyclic) bond motifs is 1. The van der Waals surface area contributed by atoms with Crippen LogP contribution in [0.25, 0.3) is 10.9 Å². The van der Waals surface area contributed by atoms with E-state index in [-0.39, 0.29) is 18.4 Å². The molecule has 0 spiro atoms. The average Bonchev–Trinajstić information content (AvgIpc) is 3.14. The lowest BCUT2D eigenvalue weighted by molar-refractivity contribution is 0.127. The minimum atomic E-state index is -0.480. The number of aliphatic hydroxyl groups excluding tert-OH is 1. The highest BCUT2D eigenvalue weighted by molar-refractivity contribution is 5.85. The van der Waals surface area contributed by atoms with Crippen molar-refractivity contribution in [1.29, 1.82) is 0 Å². The molecule has 0 radical (unpaired) electrons. The van der Waals surface area contributed by atoms with Crippen LogP contribution in [0.4, 0.5) is 0 Å². The Balaban J connectivity index is 0.00000225. The normalized spacial score (nSPS) is 17.2. The lowest BCUT2D eigenvalue weighted by Gasteiger charge is -2.28. The smallest absolute Gasteiger partial charge is 0.0912 e. The Morgan fingerprint density at radius 3 is 2.43 bits per heavy atom. The van der Waals surface area contributed by atoms with Gasteiger partial charge in [0.05, 0.1) is 12.1 Å². The van der Waals surface area contributed by atoms with Gasteiger partial charge in [-0.1, -0.05) is 67.8 Å². The van der Waals surface area contributed by atoms with Gasteiger partial charge in [-0.25, -0.2) is 0 Å². The lowest BCUT2D eigenvalue weighted by atomic mass is 9.89. The van der Waals surface area contributed by atoms with Crippen molar-refractivity contribution in [3.63, 3.8) is 0 Å². The molecule has 28 heavy (non-hydrogen) atoms. The van der Waals surface area contributed by atoms with E-state index in [1.54, 1.807) is 0 Å². The number of hydrogen-bond acceptors (Lipinski definition) is 2. The molecule has 3 nitrogen and oxygen atoms in total. The van der Waals surface area contributed by atoms with Gasteiger partial charge in [0.1, 0.15) is 0 Å². The van der Waals surface area contributed by atoms with Gasteiger partial charge < -0.3 is 15.0 Å². The zero-order valence-corrected chi connectivity index (χ0v) is 17.2. The molecule has 0 bridgehead atoms. The van der Waals surface area contributed by atoms with E-state index in [4.69, 9.17) is 0 Å². The molecule has 1 aliphatic carbocycles. The monoisotopic (exact) mass is 398 g/mol. The van der Waals surface area contributed by atoms with E-state index in [9.17, 15) is 5.11 Å². The fourth-order valence-corrected chi connectivity index (χ4v) is 4.50. The summed E-state index contributed by atoms with van der Waals surface area (Å²) in [5, 5.41) is 15.9. The van der Waals surface area contributed by atoms with Gasteiger partial charge in [0, 0.05) is 18.3 Å². The molecular weight excluding hydrogens is 368 g/mol. The molecule has 1 aliphatic rings. The van der Waals surface area contributed by atoms with Gasteiger partial charge in [-0.05, 0) is 48.4 Å². The van der Waals surface area contributed by atoms with Crippen LogP contribution in [0.5, 0.6) is 0 Å². The van der Waals surface area contributed by atoms with Crippen LogP contribution in [-0.2, 0) is 0 Å². The van der Waals surface area contributed by atoms with Crippen LogP contribution >= 0.6 is 12.4 Å². The lowest BCUT2D eigenvalue weighted by Crippen LogP contribution is -2.37. The topological polar surface area (TPSA) is 37.2 Å². The van der Waals surface area contributed by atoms with Gasteiger partial charge >= 0.3 is 0 Å². The summed E-state index contributed by atoms with van der Waals surface area (Å²) in [6, 6.07) is 20.8. The van der Waals surface area contributed by atoms with Crippen LogP contribution in [-0.4, -0.2) is 28.9 Å². The van der Waals surface area contributed by atoms with Crippen LogP contribution < -0.4 is 5.32 Å². The SMILES string of the molecule is Cl.OC(CNCC1CCCCC1)C(c1ccccc1)n1ccc2ccccc21. The number of para-hydroxylation sites is 1. The first kappa shape index (κ1) is 20.9. The summed E-state index contributed by atoms with van der Waals surface area (Å²) in [4.78, 5) is 0. The first-order valence-corrected chi connectivity index (χ1v) is 10.3. The first-order chi connectivity index (χ1) is 13.3. The Kier molecular flexibility index (Phi) is 7.55. The number of aromatic nitrogens is 1. The van der Waals surface area contributed by atoms with Gasteiger partial charge in [-0.2, -0.15) is 0 Å². The van der Waals surface area contributed by atoms with E-state index in [1.165, 1.54) is 37.5 Å². The average molecular weight is 399 g/mol. The first-order valence-electron chi connectivity index (χ1n) is 10.3. The maximum Gasteiger partial charge on any atom is 0.0912 e. The second-order valence-electron chi connectivity index (χ2n) is 7.87. The Hall–Kier alpha value is -1.81. The number of nitrogens with one attached hydrogen (secondary N) is 1. The zero-order chi connectivity index (χ0) is 18.5. The predicted octanol–water partition coefficient (Wildman–Crippen LogP) is 5.18. The molecule has 0 amide bonds. The summed E-state index contributed by atoms with van der Waals surface area (Å²) >= 11 is 0. The van der Waals surface area contributed by atoms with Crippen molar-refractivity contribution >= 4 is 23.3 Å². The molecule has 2 unspecified atom stereocenters. The van der Waals surface area contributed by atoms with Gasteiger partial charge in [0.2, 0.25) is 0 Å². The second kappa shape index (κ2) is 10.1. The Morgan fingerprint density at radius 2 is 1.64 bits per heavy atom. The molecular formula is C24H31ClN2O. The van der Waals surface area contributed by atoms with Gasteiger partial charge in [0.25, 0.3) is 0 Å². The summed E-state index contributed by atoms with van der Waals surface area (Å²) < 4.78 is 2.22. The van der Waals surface area contributed by atoms with E-state index in [0.29, 0.717) is 6.54 Å². The van der Waals surface area contributed by atoms with Crippen molar-refractivity contribution < 1.29 is 5.11 Å². The molecule has 1 aromatic heterocycles. The number of nitrogens with zero attached hydrogens (tertiary/aromatic N) is 1. The van der Waals surface area contributed by atoms with Crippen LogP contribution in [0, 0.1) is 5.92 Å². The number of halogens is 1. The van der Waals surface area contributed by atoms with Crippen LogP contribution in [0.3, 0.4) is 0 Å². The highest BCUT2D eigenvalue weighted by atomic mass is 35.5. The van der Waals surface area contributed by atoms with Crippen molar-refractivity contribution in [2.75, 3.05) is 13.1 Å². The summed E-state index contributed by atoms with van der Waals surface area (Å²) in [7, 11) is 0.